The Hall–Kier alpha value is -3.21. The number of rotatable bonds is 4. The molecule has 3 nitrogen and oxygen atoms in total. The van der Waals surface area contributed by atoms with Gasteiger partial charge in [-0.3, -0.25) is 4.79 Å². The Bertz CT molecular complexity index is 953. The van der Waals surface area contributed by atoms with Crippen LogP contribution in [-0.2, 0) is 0 Å². The molecule has 0 unspecified atom stereocenters. The second-order valence-corrected chi connectivity index (χ2v) is 5.84. The Morgan fingerprint density at radius 3 is 2.42 bits per heavy atom. The molecule has 0 saturated heterocycles. The number of hydrogen-bond acceptors (Lipinski definition) is 2. The average Bonchev–Trinajstić information content (AvgIpc) is 2.64. The minimum atomic E-state index is -1.16. The lowest BCUT2D eigenvalue weighted by Gasteiger charge is -2.11. The predicted molar refractivity (Wildman–Crippen MR) is 97.5 cm³/mol. The minimum absolute atomic E-state index is 0.338. The van der Waals surface area contributed by atoms with Crippen molar-refractivity contribution in [2.75, 3.05) is 12.4 Å². The topological polar surface area (TPSA) is 38.3 Å². The Morgan fingerprint density at radius 1 is 1.00 bits per heavy atom. The van der Waals surface area contributed by atoms with Gasteiger partial charge in [0.1, 0.15) is 5.75 Å². The van der Waals surface area contributed by atoms with Crippen molar-refractivity contribution in [2.45, 2.75) is 6.92 Å². The molecule has 0 heterocycles. The number of halogens is 2. The first-order valence-corrected chi connectivity index (χ1v) is 8.00. The lowest BCUT2D eigenvalue weighted by atomic mass is 10.0. The molecule has 0 aliphatic rings. The van der Waals surface area contributed by atoms with Crippen molar-refractivity contribution in [3.8, 4) is 16.9 Å². The van der Waals surface area contributed by atoms with Crippen LogP contribution in [0.1, 0.15) is 15.9 Å². The smallest absolute Gasteiger partial charge is 0.258 e. The molecule has 26 heavy (non-hydrogen) atoms. The Kier molecular flexibility index (Phi) is 4.98. The van der Waals surface area contributed by atoms with Crippen molar-refractivity contribution >= 4 is 11.6 Å². The van der Waals surface area contributed by atoms with Crippen LogP contribution in [0.15, 0.2) is 60.7 Å². The van der Waals surface area contributed by atoms with E-state index in [1.54, 1.807) is 19.2 Å². The first-order chi connectivity index (χ1) is 12.5. The summed E-state index contributed by atoms with van der Waals surface area (Å²) in [5.74, 6) is -2.18. The zero-order valence-electron chi connectivity index (χ0n) is 14.3. The third kappa shape index (κ3) is 3.57. The van der Waals surface area contributed by atoms with E-state index in [4.69, 9.17) is 4.74 Å². The Balaban J connectivity index is 1.83. The van der Waals surface area contributed by atoms with E-state index in [1.807, 2.05) is 37.3 Å². The van der Waals surface area contributed by atoms with Crippen LogP contribution in [0.3, 0.4) is 0 Å². The lowest BCUT2D eigenvalue weighted by molar-refractivity contribution is 0.102. The van der Waals surface area contributed by atoms with Gasteiger partial charge in [0.15, 0.2) is 11.6 Å². The first kappa shape index (κ1) is 17.6. The fourth-order valence-corrected chi connectivity index (χ4v) is 2.66. The molecule has 0 radical (unpaired) electrons. The predicted octanol–water partition coefficient (Wildman–Crippen LogP) is 5.20. The van der Waals surface area contributed by atoms with Crippen LogP contribution in [0.5, 0.6) is 5.75 Å². The fraction of sp³-hybridized carbons (Fsp3) is 0.0952. The van der Waals surface area contributed by atoms with Crippen LogP contribution in [-0.4, -0.2) is 13.0 Å². The van der Waals surface area contributed by atoms with Gasteiger partial charge in [0.2, 0.25) is 0 Å². The summed E-state index contributed by atoms with van der Waals surface area (Å²) in [4.78, 5) is 12.1. The molecule has 3 aromatic carbocycles. The van der Waals surface area contributed by atoms with Gasteiger partial charge in [-0.25, -0.2) is 8.78 Å². The number of hydrogen-bond donors (Lipinski definition) is 1. The van der Waals surface area contributed by atoms with Gasteiger partial charge in [0.05, 0.1) is 12.7 Å². The molecular weight excluding hydrogens is 336 g/mol. The number of nitrogens with one attached hydrogen (secondary N) is 1. The van der Waals surface area contributed by atoms with Gasteiger partial charge in [-0.1, -0.05) is 29.8 Å². The van der Waals surface area contributed by atoms with E-state index in [-0.39, 0.29) is 5.56 Å². The number of benzene rings is 3. The molecule has 0 aromatic heterocycles. The maximum absolute atomic E-state index is 13.7. The SMILES string of the molecule is COc1ccc(C)cc1-c1ccc(NC(=O)c2cccc(F)c2F)cc1. The molecule has 0 bridgehead atoms. The highest BCUT2D eigenvalue weighted by Crippen LogP contribution is 2.31. The van der Waals surface area contributed by atoms with Gasteiger partial charge in [-0.05, 0) is 48.9 Å². The van der Waals surface area contributed by atoms with E-state index >= 15 is 0 Å². The molecule has 5 heteroatoms. The summed E-state index contributed by atoms with van der Waals surface area (Å²) < 4.78 is 32.4. The van der Waals surface area contributed by atoms with Crippen LogP contribution in [0.2, 0.25) is 0 Å². The second-order valence-electron chi connectivity index (χ2n) is 5.84. The van der Waals surface area contributed by atoms with Crippen LogP contribution < -0.4 is 10.1 Å². The maximum Gasteiger partial charge on any atom is 0.258 e. The number of carbonyl (C=O) groups is 1. The largest absolute Gasteiger partial charge is 0.496 e. The fourth-order valence-electron chi connectivity index (χ4n) is 2.66. The number of anilines is 1. The number of amides is 1. The number of carbonyl (C=O) groups excluding carboxylic acids is 1. The van der Waals surface area contributed by atoms with Gasteiger partial charge >= 0.3 is 0 Å². The molecule has 0 fully saturated rings. The van der Waals surface area contributed by atoms with Crippen LogP contribution in [0, 0.1) is 18.6 Å². The molecule has 1 amide bonds. The van der Waals surface area contributed by atoms with Crippen molar-refractivity contribution in [3.05, 3.63) is 83.4 Å². The summed E-state index contributed by atoms with van der Waals surface area (Å²) in [7, 11) is 1.61. The third-order valence-electron chi connectivity index (χ3n) is 4.00. The Labute approximate surface area is 150 Å². The highest BCUT2D eigenvalue weighted by Gasteiger charge is 2.15. The first-order valence-electron chi connectivity index (χ1n) is 8.00. The van der Waals surface area contributed by atoms with E-state index in [0.717, 1.165) is 28.5 Å². The maximum atomic E-state index is 13.7. The zero-order valence-corrected chi connectivity index (χ0v) is 14.3. The van der Waals surface area contributed by atoms with Gasteiger partial charge < -0.3 is 10.1 Å². The molecule has 0 aliphatic heterocycles. The molecule has 0 spiro atoms. The molecule has 0 aliphatic carbocycles. The molecule has 0 saturated carbocycles. The number of aryl methyl sites for hydroxylation is 1. The van der Waals surface area contributed by atoms with Gasteiger partial charge in [0, 0.05) is 11.3 Å². The van der Waals surface area contributed by atoms with Crippen molar-refractivity contribution in [3.63, 3.8) is 0 Å². The average molecular weight is 353 g/mol. The lowest BCUT2D eigenvalue weighted by Crippen LogP contribution is -2.14. The number of methoxy groups -OCH3 is 1. The minimum Gasteiger partial charge on any atom is -0.496 e. The van der Waals surface area contributed by atoms with Crippen LogP contribution in [0.4, 0.5) is 14.5 Å². The van der Waals surface area contributed by atoms with Crippen molar-refractivity contribution in [2.24, 2.45) is 0 Å². The van der Waals surface area contributed by atoms with Gasteiger partial charge in [0.25, 0.3) is 5.91 Å². The van der Waals surface area contributed by atoms with Crippen LogP contribution in [0.25, 0.3) is 11.1 Å². The van der Waals surface area contributed by atoms with Crippen molar-refractivity contribution in [1.82, 2.24) is 0 Å². The van der Waals surface area contributed by atoms with E-state index < -0.39 is 17.5 Å². The van der Waals surface area contributed by atoms with E-state index in [1.165, 1.54) is 12.1 Å². The van der Waals surface area contributed by atoms with Gasteiger partial charge in [-0.2, -0.15) is 0 Å². The summed E-state index contributed by atoms with van der Waals surface area (Å²) >= 11 is 0. The Morgan fingerprint density at radius 2 is 1.73 bits per heavy atom. The summed E-state index contributed by atoms with van der Waals surface area (Å²) in [6.45, 7) is 1.99. The summed E-state index contributed by atoms with van der Waals surface area (Å²) in [5.41, 5.74) is 3.09. The third-order valence-corrected chi connectivity index (χ3v) is 4.00. The summed E-state index contributed by atoms with van der Waals surface area (Å²) in [5, 5.41) is 2.57. The second kappa shape index (κ2) is 7.35. The van der Waals surface area contributed by atoms with Crippen LogP contribution >= 0.6 is 0 Å². The molecule has 0 atom stereocenters. The monoisotopic (exact) mass is 353 g/mol. The number of ether oxygens (including phenoxy) is 1. The van der Waals surface area contributed by atoms with Crippen molar-refractivity contribution in [1.29, 1.82) is 0 Å². The zero-order chi connectivity index (χ0) is 18.7. The summed E-state index contributed by atoms with van der Waals surface area (Å²) in [6.07, 6.45) is 0. The van der Waals surface area contributed by atoms with E-state index in [0.29, 0.717) is 5.69 Å². The molecule has 3 rings (SSSR count). The van der Waals surface area contributed by atoms with E-state index in [9.17, 15) is 13.6 Å². The molecule has 3 aromatic rings. The normalized spacial score (nSPS) is 10.5. The quantitative estimate of drug-likeness (QED) is 0.700. The summed E-state index contributed by atoms with van der Waals surface area (Å²) in [6, 6.07) is 16.4. The molecule has 132 valence electrons. The van der Waals surface area contributed by atoms with E-state index in [2.05, 4.69) is 5.32 Å². The van der Waals surface area contributed by atoms with Crippen molar-refractivity contribution < 1.29 is 18.3 Å². The molecular formula is C21H17F2NO2. The van der Waals surface area contributed by atoms with Gasteiger partial charge in [-0.15, -0.1) is 0 Å². The molecule has 1 N–H and O–H groups in total. The standard InChI is InChI=1S/C21H17F2NO2/c1-13-6-11-19(26-2)17(12-13)14-7-9-15(10-8-14)24-21(25)16-4-3-5-18(22)20(16)23/h3-12H,1-2H3,(H,24,25). The highest BCUT2D eigenvalue weighted by atomic mass is 19.2. The highest BCUT2D eigenvalue weighted by molar-refractivity contribution is 6.04.